The van der Waals surface area contributed by atoms with Crippen LogP contribution >= 0.6 is 0 Å². The fraction of sp³-hybridized carbons (Fsp3) is 0.375. The first kappa shape index (κ1) is 15.2. The van der Waals surface area contributed by atoms with Gasteiger partial charge >= 0.3 is 0 Å². The number of nitrogens with zero attached hydrogens (tertiary/aromatic N) is 4. The lowest BCUT2D eigenvalue weighted by Gasteiger charge is -2.25. The second kappa shape index (κ2) is 6.60. The number of hydrogen-bond donors (Lipinski definition) is 1. The summed E-state index contributed by atoms with van der Waals surface area (Å²) < 4.78 is 1.43. The van der Waals surface area contributed by atoms with Crippen LogP contribution in [0.15, 0.2) is 41.5 Å². The molecule has 0 spiro atoms. The molecule has 1 aliphatic rings. The van der Waals surface area contributed by atoms with E-state index in [9.17, 15) is 9.59 Å². The molecule has 0 radical (unpaired) electrons. The Hall–Kier alpha value is -2.70. The highest BCUT2D eigenvalue weighted by Gasteiger charge is 2.26. The van der Waals surface area contributed by atoms with Crippen LogP contribution in [0.4, 0.5) is 5.82 Å². The summed E-state index contributed by atoms with van der Waals surface area (Å²) in [4.78, 5) is 26.0. The molecule has 0 saturated carbocycles. The van der Waals surface area contributed by atoms with E-state index < -0.39 is 0 Å². The zero-order valence-electron chi connectivity index (χ0n) is 13.0. The number of carbonyl (C=O) groups excluding carboxylic acids is 1. The molecule has 1 N–H and O–H groups in total. The molecule has 3 heterocycles. The monoisotopic (exact) mass is 313 g/mol. The van der Waals surface area contributed by atoms with Crippen LogP contribution in [0.25, 0.3) is 0 Å². The quantitative estimate of drug-likeness (QED) is 0.893. The van der Waals surface area contributed by atoms with Crippen LogP contribution in [0.3, 0.4) is 0 Å². The van der Waals surface area contributed by atoms with Gasteiger partial charge in [-0.3, -0.25) is 9.59 Å². The van der Waals surface area contributed by atoms with E-state index in [1.54, 1.807) is 25.5 Å². The van der Waals surface area contributed by atoms with E-state index in [0.717, 1.165) is 25.2 Å². The van der Waals surface area contributed by atoms with Gasteiger partial charge in [0.25, 0.3) is 11.5 Å². The molecule has 2 aromatic heterocycles. The van der Waals surface area contributed by atoms with Crippen molar-refractivity contribution in [3.8, 4) is 0 Å². The van der Waals surface area contributed by atoms with Crippen molar-refractivity contribution in [2.45, 2.75) is 18.9 Å². The lowest BCUT2D eigenvalue weighted by atomic mass is 10.2. The summed E-state index contributed by atoms with van der Waals surface area (Å²) in [6.07, 6.45) is 5.29. The van der Waals surface area contributed by atoms with E-state index in [0.29, 0.717) is 12.1 Å². The number of hydrogen-bond acceptors (Lipinski definition) is 5. The third-order valence-electron chi connectivity index (χ3n) is 4.09. The van der Waals surface area contributed by atoms with E-state index in [2.05, 4.69) is 20.4 Å². The van der Waals surface area contributed by atoms with Crippen molar-refractivity contribution in [1.82, 2.24) is 20.1 Å². The number of pyridine rings is 1. The van der Waals surface area contributed by atoms with Gasteiger partial charge in [0.1, 0.15) is 0 Å². The minimum absolute atomic E-state index is 0.195. The van der Waals surface area contributed by atoms with Crippen molar-refractivity contribution in [2.75, 3.05) is 18.0 Å². The predicted octanol–water partition coefficient (Wildman–Crippen LogP) is 0.574. The van der Waals surface area contributed by atoms with Gasteiger partial charge in [0, 0.05) is 50.2 Å². The highest BCUT2D eigenvalue weighted by molar-refractivity contribution is 5.94. The fourth-order valence-corrected chi connectivity index (χ4v) is 2.80. The van der Waals surface area contributed by atoms with Gasteiger partial charge in [-0.15, -0.1) is 5.10 Å². The van der Waals surface area contributed by atoms with E-state index >= 15 is 0 Å². The van der Waals surface area contributed by atoms with Gasteiger partial charge in [-0.2, -0.15) is 5.10 Å². The molecule has 7 heteroatoms. The molecular weight excluding hydrogens is 294 g/mol. The Kier molecular flexibility index (Phi) is 4.36. The second-order valence-corrected chi connectivity index (χ2v) is 5.65. The molecule has 1 atom stereocenters. The summed E-state index contributed by atoms with van der Waals surface area (Å²) in [7, 11) is 1.65. The Labute approximate surface area is 134 Å². The van der Waals surface area contributed by atoms with Crippen molar-refractivity contribution in [2.24, 2.45) is 7.05 Å². The lowest BCUT2D eigenvalue weighted by molar-refractivity contribution is 0.0951. The van der Waals surface area contributed by atoms with Crippen LogP contribution in [-0.2, 0) is 7.05 Å². The number of aromatic nitrogens is 3. The first-order chi connectivity index (χ1) is 11.1. The van der Waals surface area contributed by atoms with Gasteiger partial charge in [-0.05, 0) is 31.0 Å². The largest absolute Gasteiger partial charge is 0.350 e. The molecule has 7 nitrogen and oxygen atoms in total. The maximum absolute atomic E-state index is 12.2. The number of anilines is 1. The summed E-state index contributed by atoms with van der Waals surface area (Å²) >= 11 is 0. The van der Waals surface area contributed by atoms with Crippen LogP contribution in [0.1, 0.15) is 23.2 Å². The van der Waals surface area contributed by atoms with Crippen molar-refractivity contribution >= 4 is 11.7 Å². The molecule has 1 fully saturated rings. The molecule has 0 unspecified atom stereocenters. The molecule has 1 aliphatic heterocycles. The van der Waals surface area contributed by atoms with E-state index in [1.165, 1.54) is 10.6 Å². The average Bonchev–Trinajstić information content (AvgIpc) is 3.04. The summed E-state index contributed by atoms with van der Waals surface area (Å²) in [6, 6.07) is 6.97. The minimum Gasteiger partial charge on any atom is -0.350 e. The van der Waals surface area contributed by atoms with Crippen LogP contribution in [0, 0.1) is 0 Å². The summed E-state index contributed by atoms with van der Waals surface area (Å²) in [5.74, 6) is 0.603. The third kappa shape index (κ3) is 3.39. The molecule has 0 aliphatic carbocycles. The number of rotatable bonds is 4. The third-order valence-corrected chi connectivity index (χ3v) is 4.09. The zero-order chi connectivity index (χ0) is 16.2. The molecule has 0 aromatic carbocycles. The maximum atomic E-state index is 12.2. The molecule has 3 rings (SSSR count). The average molecular weight is 313 g/mol. The zero-order valence-corrected chi connectivity index (χ0v) is 13.0. The van der Waals surface area contributed by atoms with Crippen molar-refractivity contribution in [1.29, 1.82) is 0 Å². The fourth-order valence-electron chi connectivity index (χ4n) is 2.80. The maximum Gasteiger partial charge on any atom is 0.251 e. The predicted molar refractivity (Wildman–Crippen MR) is 86.4 cm³/mol. The number of amides is 1. The van der Waals surface area contributed by atoms with Gasteiger partial charge < -0.3 is 14.8 Å². The van der Waals surface area contributed by atoms with E-state index in [-0.39, 0.29) is 17.5 Å². The van der Waals surface area contributed by atoms with Gasteiger partial charge in [-0.1, -0.05) is 0 Å². The van der Waals surface area contributed by atoms with Crippen LogP contribution in [-0.4, -0.2) is 39.8 Å². The minimum atomic E-state index is -0.228. The standard InChI is InChI=1S/C16H19N5O2/c1-20-9-6-12(10-15(20)22)16(23)17-11-13-4-3-8-21(13)14-5-2-7-18-19-14/h2,5-7,9-10,13H,3-4,8,11H2,1H3,(H,17,23)/t13-/m1/s1. The number of aryl methyl sites for hydroxylation is 1. The summed E-state index contributed by atoms with van der Waals surface area (Å²) in [5, 5.41) is 11.0. The highest BCUT2D eigenvalue weighted by atomic mass is 16.2. The molecular formula is C16H19N5O2. The molecule has 1 saturated heterocycles. The lowest BCUT2D eigenvalue weighted by Crippen LogP contribution is -2.40. The van der Waals surface area contributed by atoms with Gasteiger partial charge in [0.05, 0.1) is 0 Å². The Balaban J connectivity index is 1.64. The second-order valence-electron chi connectivity index (χ2n) is 5.65. The van der Waals surface area contributed by atoms with Gasteiger partial charge in [0.2, 0.25) is 0 Å². The molecule has 1 amide bonds. The van der Waals surface area contributed by atoms with Crippen molar-refractivity contribution < 1.29 is 4.79 Å². The normalized spacial score (nSPS) is 17.3. The SMILES string of the molecule is Cn1ccc(C(=O)NC[C@H]2CCCN2c2cccnn2)cc1=O. The van der Waals surface area contributed by atoms with Crippen molar-refractivity contribution in [3.05, 3.63) is 52.6 Å². The molecule has 2 aromatic rings. The van der Waals surface area contributed by atoms with E-state index in [1.807, 2.05) is 12.1 Å². The smallest absolute Gasteiger partial charge is 0.251 e. The van der Waals surface area contributed by atoms with Crippen LogP contribution in [0.5, 0.6) is 0 Å². The van der Waals surface area contributed by atoms with Gasteiger partial charge in [0.15, 0.2) is 5.82 Å². The summed E-state index contributed by atoms with van der Waals surface area (Å²) in [6.45, 7) is 1.43. The molecule has 0 bridgehead atoms. The Morgan fingerprint density at radius 3 is 3.04 bits per heavy atom. The molecule has 120 valence electrons. The number of carbonyl (C=O) groups is 1. The first-order valence-corrected chi connectivity index (χ1v) is 7.64. The van der Waals surface area contributed by atoms with Gasteiger partial charge in [-0.25, -0.2) is 0 Å². The topological polar surface area (TPSA) is 80.1 Å². The highest BCUT2D eigenvalue weighted by Crippen LogP contribution is 2.22. The number of nitrogens with one attached hydrogen (secondary N) is 1. The summed E-state index contributed by atoms with van der Waals surface area (Å²) in [5.41, 5.74) is 0.192. The molecule has 23 heavy (non-hydrogen) atoms. The Bertz CT molecular complexity index is 744. The van der Waals surface area contributed by atoms with Crippen molar-refractivity contribution in [3.63, 3.8) is 0 Å². The van der Waals surface area contributed by atoms with Crippen LogP contribution in [0.2, 0.25) is 0 Å². The first-order valence-electron chi connectivity index (χ1n) is 7.64. The Morgan fingerprint density at radius 1 is 1.43 bits per heavy atom. The van der Waals surface area contributed by atoms with Crippen LogP contribution < -0.4 is 15.8 Å². The van der Waals surface area contributed by atoms with E-state index in [4.69, 9.17) is 0 Å². The Morgan fingerprint density at radius 2 is 2.30 bits per heavy atom.